The second kappa shape index (κ2) is 5.36. The van der Waals surface area contributed by atoms with Crippen molar-refractivity contribution in [1.82, 2.24) is 0 Å². The van der Waals surface area contributed by atoms with Crippen LogP contribution in [0.15, 0.2) is 11.6 Å². The van der Waals surface area contributed by atoms with Gasteiger partial charge in [-0.3, -0.25) is 0 Å². The molecule has 22 heavy (non-hydrogen) atoms. The number of hydrogen-bond acceptors (Lipinski definition) is 5. The van der Waals surface area contributed by atoms with Crippen LogP contribution in [0.1, 0.15) is 19.4 Å². The molecule has 1 fully saturated rings. The average Bonchev–Trinajstić information content (AvgIpc) is 2.35. The maximum absolute atomic E-state index is 14.0. The van der Waals surface area contributed by atoms with Crippen LogP contribution in [0.4, 0.5) is 13.2 Å². The number of methoxy groups -OCH3 is 1. The summed E-state index contributed by atoms with van der Waals surface area (Å²) in [5.41, 5.74) is -1.53. The summed E-state index contributed by atoms with van der Waals surface area (Å²) in [6, 6.07) is 0.373. The monoisotopic (exact) mass is 316 g/mol. The van der Waals surface area contributed by atoms with Crippen molar-refractivity contribution in [1.29, 1.82) is 0 Å². The van der Waals surface area contributed by atoms with E-state index in [1.165, 1.54) is 13.8 Å². The molecule has 118 valence electrons. The number of rotatable bonds is 2. The highest BCUT2D eigenvalue weighted by atomic mass is 19.1. The van der Waals surface area contributed by atoms with Gasteiger partial charge in [0.15, 0.2) is 17.4 Å². The van der Waals surface area contributed by atoms with Crippen LogP contribution in [0.5, 0.6) is 5.75 Å². The number of carbonyl (C=O) groups is 2. The molecule has 0 spiro atoms. The van der Waals surface area contributed by atoms with Gasteiger partial charge in [0.05, 0.1) is 12.7 Å². The van der Waals surface area contributed by atoms with E-state index in [0.717, 1.165) is 7.11 Å². The van der Waals surface area contributed by atoms with E-state index in [4.69, 9.17) is 9.47 Å². The van der Waals surface area contributed by atoms with Gasteiger partial charge in [-0.25, -0.2) is 22.8 Å². The molecule has 8 heteroatoms. The van der Waals surface area contributed by atoms with Crippen molar-refractivity contribution >= 4 is 18.0 Å². The fourth-order valence-corrected chi connectivity index (χ4v) is 1.83. The lowest BCUT2D eigenvalue weighted by Gasteiger charge is -2.29. The lowest BCUT2D eigenvalue weighted by Crippen LogP contribution is -2.41. The molecule has 1 aromatic rings. The molecule has 0 atom stereocenters. The van der Waals surface area contributed by atoms with E-state index >= 15 is 0 Å². The highest BCUT2D eigenvalue weighted by Gasteiger charge is 2.39. The van der Waals surface area contributed by atoms with Gasteiger partial charge in [-0.05, 0) is 6.08 Å². The first-order valence-corrected chi connectivity index (χ1v) is 6.06. The van der Waals surface area contributed by atoms with Crippen molar-refractivity contribution in [2.24, 2.45) is 0 Å². The van der Waals surface area contributed by atoms with Crippen molar-refractivity contribution < 1.29 is 37.0 Å². The van der Waals surface area contributed by atoms with Gasteiger partial charge in [-0.15, -0.1) is 0 Å². The number of benzene rings is 1. The summed E-state index contributed by atoms with van der Waals surface area (Å²) in [6.07, 6.45) is 0.590. The van der Waals surface area contributed by atoms with Crippen molar-refractivity contribution in [3.05, 3.63) is 34.7 Å². The Labute approximate surface area is 123 Å². The largest absolute Gasteiger partial charge is 0.491 e. The summed E-state index contributed by atoms with van der Waals surface area (Å²) in [5.74, 6) is -8.50. The Morgan fingerprint density at radius 3 is 2.14 bits per heavy atom. The maximum Gasteiger partial charge on any atom is 0.348 e. The summed E-state index contributed by atoms with van der Waals surface area (Å²) in [4.78, 5) is 23.5. The van der Waals surface area contributed by atoms with Gasteiger partial charge in [0.25, 0.3) is 5.79 Å². The lowest BCUT2D eigenvalue weighted by molar-refractivity contribution is -0.222. The Kier molecular flexibility index (Phi) is 3.87. The van der Waals surface area contributed by atoms with Gasteiger partial charge >= 0.3 is 11.9 Å². The van der Waals surface area contributed by atoms with Gasteiger partial charge in [0.1, 0.15) is 11.4 Å². The van der Waals surface area contributed by atoms with Crippen LogP contribution < -0.4 is 4.74 Å². The first kappa shape index (κ1) is 15.9. The van der Waals surface area contributed by atoms with Gasteiger partial charge in [-0.2, -0.15) is 0 Å². The van der Waals surface area contributed by atoms with Crippen LogP contribution in [0, 0.1) is 17.5 Å². The molecule has 2 rings (SSSR count). The molecule has 1 aromatic carbocycles. The zero-order chi connectivity index (χ0) is 16.7. The van der Waals surface area contributed by atoms with Crippen molar-refractivity contribution in [2.75, 3.05) is 7.11 Å². The SMILES string of the molecule is COc1c(F)cc(F)c(C=C2C(=O)OC(C)(C)OC2=O)c1F. The fourth-order valence-electron chi connectivity index (χ4n) is 1.83. The molecule has 5 nitrogen and oxygen atoms in total. The predicted octanol–water partition coefficient (Wildman–Crippen LogP) is 2.33. The van der Waals surface area contributed by atoms with E-state index in [0.29, 0.717) is 12.1 Å². The molecular weight excluding hydrogens is 305 g/mol. The van der Waals surface area contributed by atoms with E-state index in [-0.39, 0.29) is 0 Å². The first-order valence-electron chi connectivity index (χ1n) is 6.06. The van der Waals surface area contributed by atoms with Crippen molar-refractivity contribution in [3.8, 4) is 5.75 Å². The van der Waals surface area contributed by atoms with Crippen LogP contribution in [0.3, 0.4) is 0 Å². The van der Waals surface area contributed by atoms with Gasteiger partial charge in [0, 0.05) is 19.9 Å². The van der Waals surface area contributed by atoms with E-state index in [1.807, 2.05) is 0 Å². The topological polar surface area (TPSA) is 61.8 Å². The Balaban J connectivity index is 2.54. The fraction of sp³-hybridized carbons (Fsp3) is 0.286. The molecular formula is C14H11F3O5. The number of carbonyl (C=O) groups excluding carboxylic acids is 2. The van der Waals surface area contributed by atoms with Crippen LogP contribution in [-0.4, -0.2) is 24.8 Å². The van der Waals surface area contributed by atoms with Crippen LogP contribution in [-0.2, 0) is 19.1 Å². The standard InChI is InChI=1S/C14H11F3O5/c1-14(2)21-12(18)7(13(19)22-14)4-6-8(15)5-9(16)11(20-3)10(6)17/h4-5H,1-3H3. The molecule has 1 heterocycles. The van der Waals surface area contributed by atoms with Crippen LogP contribution >= 0.6 is 0 Å². The van der Waals surface area contributed by atoms with Gasteiger partial charge in [-0.1, -0.05) is 0 Å². The predicted molar refractivity (Wildman–Crippen MR) is 67.1 cm³/mol. The van der Waals surface area contributed by atoms with E-state index in [9.17, 15) is 22.8 Å². The van der Waals surface area contributed by atoms with E-state index < -0.39 is 52.1 Å². The Hall–Kier alpha value is -2.51. The molecule has 1 saturated heterocycles. The minimum Gasteiger partial charge on any atom is -0.491 e. The third-order valence-electron chi connectivity index (χ3n) is 2.77. The van der Waals surface area contributed by atoms with Crippen molar-refractivity contribution in [3.63, 3.8) is 0 Å². The molecule has 0 radical (unpaired) electrons. The molecule has 0 bridgehead atoms. The number of cyclic esters (lactones) is 2. The lowest BCUT2D eigenvalue weighted by atomic mass is 10.1. The number of halogens is 3. The van der Waals surface area contributed by atoms with Crippen molar-refractivity contribution in [2.45, 2.75) is 19.6 Å². The number of esters is 2. The van der Waals surface area contributed by atoms with Crippen LogP contribution in [0.25, 0.3) is 6.08 Å². The summed E-state index contributed by atoms with van der Waals surface area (Å²) in [5, 5.41) is 0. The Morgan fingerprint density at radius 1 is 1.09 bits per heavy atom. The van der Waals surface area contributed by atoms with Gasteiger partial charge < -0.3 is 14.2 Å². The highest BCUT2D eigenvalue weighted by molar-refractivity contribution is 6.18. The third-order valence-corrected chi connectivity index (χ3v) is 2.77. The second-order valence-electron chi connectivity index (χ2n) is 4.84. The summed E-state index contributed by atoms with van der Waals surface area (Å²) < 4.78 is 55.1. The Morgan fingerprint density at radius 2 is 1.64 bits per heavy atom. The zero-order valence-electron chi connectivity index (χ0n) is 11.8. The maximum atomic E-state index is 14.0. The van der Waals surface area contributed by atoms with Crippen LogP contribution in [0.2, 0.25) is 0 Å². The minimum absolute atomic E-state index is 0.373. The molecule has 1 aliphatic rings. The molecule has 0 aliphatic carbocycles. The summed E-state index contributed by atoms with van der Waals surface area (Å²) in [6.45, 7) is 2.64. The highest BCUT2D eigenvalue weighted by Crippen LogP contribution is 2.30. The Bertz CT molecular complexity index is 672. The molecule has 0 unspecified atom stereocenters. The molecule has 0 aromatic heterocycles. The minimum atomic E-state index is -1.48. The normalized spacial score (nSPS) is 16.9. The average molecular weight is 316 g/mol. The number of hydrogen-bond donors (Lipinski definition) is 0. The quantitative estimate of drug-likeness (QED) is 0.476. The molecule has 1 aliphatic heterocycles. The smallest absolute Gasteiger partial charge is 0.348 e. The number of ether oxygens (including phenoxy) is 3. The third kappa shape index (κ3) is 2.76. The van der Waals surface area contributed by atoms with Gasteiger partial charge in [0.2, 0.25) is 0 Å². The van der Waals surface area contributed by atoms with E-state index in [2.05, 4.69) is 4.74 Å². The summed E-state index contributed by atoms with van der Waals surface area (Å²) in [7, 11) is 0.988. The molecule has 0 N–H and O–H groups in total. The molecule has 0 saturated carbocycles. The van der Waals surface area contributed by atoms with E-state index in [1.54, 1.807) is 0 Å². The zero-order valence-corrected chi connectivity index (χ0v) is 11.8. The first-order chi connectivity index (χ1) is 10.2. The second-order valence-corrected chi connectivity index (χ2v) is 4.84. The molecule has 0 amide bonds. The summed E-state index contributed by atoms with van der Waals surface area (Å²) >= 11 is 0.